The predicted octanol–water partition coefficient (Wildman–Crippen LogP) is 5.36. The lowest BCUT2D eigenvalue weighted by Crippen LogP contribution is -2.34. The van der Waals surface area contributed by atoms with Gasteiger partial charge in [-0.15, -0.1) is 0 Å². The molecule has 0 aliphatic rings. The summed E-state index contributed by atoms with van der Waals surface area (Å²) in [7, 11) is 0. The van der Waals surface area contributed by atoms with Gasteiger partial charge in [0.15, 0.2) is 5.11 Å². The van der Waals surface area contributed by atoms with Gasteiger partial charge in [-0.3, -0.25) is 10.1 Å². The van der Waals surface area contributed by atoms with Gasteiger partial charge in [0.1, 0.15) is 5.75 Å². The van der Waals surface area contributed by atoms with Crippen LogP contribution >= 0.6 is 12.2 Å². The van der Waals surface area contributed by atoms with Crippen molar-refractivity contribution in [3.05, 3.63) is 59.7 Å². The van der Waals surface area contributed by atoms with E-state index in [1.807, 2.05) is 30.3 Å². The lowest BCUT2D eigenvalue weighted by Gasteiger charge is -2.16. The number of ether oxygens (including phenoxy) is 1. The van der Waals surface area contributed by atoms with Crippen molar-refractivity contribution in [3.63, 3.8) is 0 Å². The molecule has 0 fully saturated rings. The summed E-state index contributed by atoms with van der Waals surface area (Å²) < 4.78 is 5.80. The molecule has 0 unspecified atom stereocenters. The summed E-state index contributed by atoms with van der Waals surface area (Å²) in [5.74, 6) is 1.18. The van der Waals surface area contributed by atoms with E-state index in [4.69, 9.17) is 17.0 Å². The van der Waals surface area contributed by atoms with Gasteiger partial charge >= 0.3 is 0 Å². The zero-order chi connectivity index (χ0) is 19.8. The maximum absolute atomic E-state index is 12.7. The number of carbonyl (C=O) groups excluding carboxylic acids is 1. The molecule has 27 heavy (non-hydrogen) atoms. The van der Waals surface area contributed by atoms with Crippen molar-refractivity contribution in [1.29, 1.82) is 0 Å². The van der Waals surface area contributed by atoms with E-state index in [1.165, 1.54) is 0 Å². The third kappa shape index (κ3) is 6.36. The Hall–Kier alpha value is -2.40. The highest BCUT2D eigenvalue weighted by Gasteiger charge is 2.15. The summed E-state index contributed by atoms with van der Waals surface area (Å²) in [6.07, 6.45) is 0.932. The van der Waals surface area contributed by atoms with Crippen molar-refractivity contribution in [1.82, 2.24) is 5.32 Å². The second-order valence-electron chi connectivity index (χ2n) is 7.18. The highest BCUT2D eigenvalue weighted by molar-refractivity contribution is 7.80. The highest BCUT2D eigenvalue weighted by atomic mass is 32.1. The maximum atomic E-state index is 12.7. The Bertz CT molecular complexity index is 787. The van der Waals surface area contributed by atoms with Gasteiger partial charge < -0.3 is 10.1 Å². The van der Waals surface area contributed by atoms with Crippen LogP contribution in [0.25, 0.3) is 0 Å². The third-order valence-corrected chi connectivity index (χ3v) is 4.35. The third-order valence-electron chi connectivity index (χ3n) is 4.14. The normalized spacial score (nSPS) is 10.7. The van der Waals surface area contributed by atoms with Gasteiger partial charge in [0.25, 0.3) is 5.91 Å². The number of nitrogens with one attached hydrogen (secondary N) is 2. The van der Waals surface area contributed by atoms with Crippen molar-refractivity contribution >= 4 is 28.9 Å². The van der Waals surface area contributed by atoms with E-state index in [0.717, 1.165) is 17.7 Å². The molecule has 0 heterocycles. The minimum Gasteiger partial charge on any atom is -0.493 e. The molecule has 2 aromatic carbocycles. The number of hydrogen-bond acceptors (Lipinski definition) is 3. The SMILES string of the molecule is CC(C)CCOc1ccccc1C(=O)NC(=S)Nc1ccccc1C(C)C. The van der Waals surface area contributed by atoms with Gasteiger partial charge in [0.2, 0.25) is 0 Å². The van der Waals surface area contributed by atoms with Crippen molar-refractivity contribution in [3.8, 4) is 5.75 Å². The van der Waals surface area contributed by atoms with Gasteiger partial charge in [-0.1, -0.05) is 58.0 Å². The lowest BCUT2D eigenvalue weighted by molar-refractivity contribution is 0.0973. The van der Waals surface area contributed by atoms with E-state index in [1.54, 1.807) is 12.1 Å². The quantitative estimate of drug-likeness (QED) is 0.631. The number of rotatable bonds is 7. The zero-order valence-electron chi connectivity index (χ0n) is 16.4. The maximum Gasteiger partial charge on any atom is 0.261 e. The molecule has 0 saturated carbocycles. The van der Waals surface area contributed by atoms with Crippen molar-refractivity contribution in [2.24, 2.45) is 5.92 Å². The molecule has 5 heteroatoms. The van der Waals surface area contributed by atoms with E-state index < -0.39 is 0 Å². The molecule has 0 atom stereocenters. The minimum absolute atomic E-state index is 0.269. The number of carbonyl (C=O) groups is 1. The van der Waals surface area contributed by atoms with Crippen LogP contribution in [-0.2, 0) is 0 Å². The Kier molecular flexibility index (Phi) is 7.80. The zero-order valence-corrected chi connectivity index (χ0v) is 17.2. The monoisotopic (exact) mass is 384 g/mol. The number of amides is 1. The smallest absolute Gasteiger partial charge is 0.261 e. The molecule has 1 amide bonds. The Labute approximate surface area is 167 Å². The first-order chi connectivity index (χ1) is 12.9. The topological polar surface area (TPSA) is 50.4 Å². The first kappa shape index (κ1) is 20.9. The second kappa shape index (κ2) is 10.1. The Morgan fingerprint density at radius 3 is 2.41 bits per heavy atom. The van der Waals surface area contributed by atoms with Gasteiger partial charge in [0.05, 0.1) is 12.2 Å². The predicted molar refractivity (Wildman–Crippen MR) is 116 cm³/mol. The molecule has 0 bridgehead atoms. The molecule has 0 spiro atoms. The summed E-state index contributed by atoms with van der Waals surface area (Å²) in [6, 6.07) is 15.2. The van der Waals surface area contributed by atoms with E-state index >= 15 is 0 Å². The summed E-state index contributed by atoms with van der Waals surface area (Å²) in [5.41, 5.74) is 2.52. The van der Waals surface area contributed by atoms with E-state index in [9.17, 15) is 4.79 Å². The van der Waals surface area contributed by atoms with Crippen LogP contribution in [0.1, 0.15) is 56.0 Å². The van der Waals surface area contributed by atoms with Gasteiger partial charge in [-0.2, -0.15) is 0 Å². The first-order valence-electron chi connectivity index (χ1n) is 9.31. The number of benzene rings is 2. The Morgan fingerprint density at radius 2 is 1.70 bits per heavy atom. The van der Waals surface area contributed by atoms with Gasteiger partial charge in [-0.05, 0) is 54.2 Å². The standard InChI is InChI=1S/C22H28N2O2S/c1-15(2)13-14-26-20-12-8-6-10-18(20)21(25)24-22(27)23-19-11-7-5-9-17(19)16(3)4/h5-12,15-16H,13-14H2,1-4H3,(H2,23,24,25,27). The van der Waals surface area contributed by atoms with Crippen LogP contribution in [0.15, 0.2) is 48.5 Å². The Morgan fingerprint density at radius 1 is 1.04 bits per heavy atom. The molecule has 2 N–H and O–H groups in total. The van der Waals surface area contributed by atoms with Gasteiger partial charge in [-0.25, -0.2) is 0 Å². The summed E-state index contributed by atoms with van der Waals surface area (Å²) in [4.78, 5) is 12.7. The average molecular weight is 385 g/mol. The van der Waals surface area contributed by atoms with E-state index in [-0.39, 0.29) is 11.0 Å². The molecular formula is C22H28N2O2S. The van der Waals surface area contributed by atoms with Crippen molar-refractivity contribution in [2.45, 2.75) is 40.0 Å². The average Bonchev–Trinajstić information content (AvgIpc) is 2.62. The fourth-order valence-electron chi connectivity index (χ4n) is 2.62. The minimum atomic E-state index is -0.283. The molecule has 4 nitrogen and oxygen atoms in total. The largest absolute Gasteiger partial charge is 0.493 e. The van der Waals surface area contributed by atoms with Crippen LogP contribution in [0.2, 0.25) is 0 Å². The molecule has 2 aromatic rings. The number of para-hydroxylation sites is 2. The fourth-order valence-corrected chi connectivity index (χ4v) is 2.83. The molecule has 144 valence electrons. The van der Waals surface area contributed by atoms with Crippen LogP contribution < -0.4 is 15.4 Å². The fraction of sp³-hybridized carbons (Fsp3) is 0.364. The summed E-state index contributed by atoms with van der Waals surface area (Å²) >= 11 is 5.34. The molecule has 2 rings (SSSR count). The molecule has 0 saturated heterocycles. The van der Waals surface area contributed by atoms with E-state index in [0.29, 0.717) is 29.8 Å². The second-order valence-corrected chi connectivity index (χ2v) is 7.59. The van der Waals surface area contributed by atoms with Crippen LogP contribution in [-0.4, -0.2) is 17.6 Å². The molecular weight excluding hydrogens is 356 g/mol. The first-order valence-corrected chi connectivity index (χ1v) is 9.72. The number of hydrogen-bond donors (Lipinski definition) is 2. The highest BCUT2D eigenvalue weighted by Crippen LogP contribution is 2.24. The summed E-state index contributed by atoms with van der Waals surface area (Å²) in [5, 5.41) is 6.15. The number of anilines is 1. The van der Waals surface area contributed by atoms with Crippen LogP contribution in [0.3, 0.4) is 0 Å². The molecule has 0 aromatic heterocycles. The Balaban J connectivity index is 2.04. The lowest BCUT2D eigenvalue weighted by atomic mass is 10.0. The van der Waals surface area contributed by atoms with Crippen LogP contribution in [0.5, 0.6) is 5.75 Å². The van der Waals surface area contributed by atoms with Gasteiger partial charge in [0, 0.05) is 5.69 Å². The molecule has 0 radical (unpaired) electrons. The molecule has 0 aliphatic carbocycles. The van der Waals surface area contributed by atoms with Crippen molar-refractivity contribution < 1.29 is 9.53 Å². The van der Waals surface area contributed by atoms with Crippen LogP contribution in [0.4, 0.5) is 5.69 Å². The van der Waals surface area contributed by atoms with Crippen LogP contribution in [0, 0.1) is 5.92 Å². The number of thiocarbonyl (C=S) groups is 1. The summed E-state index contributed by atoms with van der Waals surface area (Å²) in [6.45, 7) is 9.09. The van der Waals surface area contributed by atoms with Crippen molar-refractivity contribution in [2.75, 3.05) is 11.9 Å². The molecule has 0 aliphatic heterocycles. The van der Waals surface area contributed by atoms with E-state index in [2.05, 4.69) is 44.4 Å².